The molecule has 0 radical (unpaired) electrons. The van der Waals surface area contributed by atoms with E-state index in [0.717, 1.165) is 43.9 Å². The second-order valence-electron chi connectivity index (χ2n) is 5.91. The van der Waals surface area contributed by atoms with E-state index in [0.29, 0.717) is 17.7 Å². The van der Waals surface area contributed by atoms with Crippen LogP contribution in [0, 0.1) is 0 Å². The van der Waals surface area contributed by atoms with Crippen molar-refractivity contribution in [2.24, 2.45) is 0 Å². The molecule has 120 valence electrons. The summed E-state index contributed by atoms with van der Waals surface area (Å²) in [5, 5.41) is 1.37. The Hall–Kier alpha value is -0.750. The highest BCUT2D eigenvalue weighted by Gasteiger charge is 2.26. The maximum absolute atomic E-state index is 12.3. The standard InChI is InChI=1S/C16H22ClN3OS/c17-12-1-3-14(4-2-12)22-15-6-9-20(10-7-15)16(21)11-13-5-8-18-19-13/h1-4,13,15,18-19H,5-11H2. The van der Waals surface area contributed by atoms with Gasteiger partial charge in [0, 0.05) is 47.3 Å². The molecule has 2 heterocycles. The Kier molecular flexibility index (Phi) is 5.63. The second-order valence-corrected chi connectivity index (χ2v) is 7.72. The van der Waals surface area contributed by atoms with E-state index in [2.05, 4.69) is 23.0 Å². The fourth-order valence-corrected chi connectivity index (χ4v) is 4.21. The number of carbonyl (C=O) groups is 1. The fourth-order valence-electron chi connectivity index (χ4n) is 2.96. The Morgan fingerprint density at radius 2 is 1.95 bits per heavy atom. The van der Waals surface area contributed by atoms with E-state index in [9.17, 15) is 4.79 Å². The van der Waals surface area contributed by atoms with Gasteiger partial charge in [0.1, 0.15) is 0 Å². The molecule has 0 aliphatic carbocycles. The Bertz CT molecular complexity index is 497. The minimum absolute atomic E-state index is 0.288. The molecule has 0 spiro atoms. The summed E-state index contributed by atoms with van der Waals surface area (Å²) in [5.74, 6) is 0.288. The highest BCUT2D eigenvalue weighted by molar-refractivity contribution is 8.00. The van der Waals surface area contributed by atoms with Crippen LogP contribution in [-0.2, 0) is 4.79 Å². The van der Waals surface area contributed by atoms with Crippen LogP contribution in [0.1, 0.15) is 25.7 Å². The predicted molar refractivity (Wildman–Crippen MR) is 91.1 cm³/mol. The van der Waals surface area contributed by atoms with Crippen molar-refractivity contribution in [3.8, 4) is 0 Å². The van der Waals surface area contributed by atoms with Gasteiger partial charge >= 0.3 is 0 Å². The normalized spacial score (nSPS) is 23.0. The van der Waals surface area contributed by atoms with E-state index in [1.54, 1.807) is 0 Å². The molecule has 0 saturated carbocycles. The van der Waals surface area contributed by atoms with Gasteiger partial charge in [0.05, 0.1) is 0 Å². The molecule has 2 aliphatic heterocycles. The van der Waals surface area contributed by atoms with Crippen LogP contribution in [0.25, 0.3) is 0 Å². The molecule has 3 rings (SSSR count). The highest BCUT2D eigenvalue weighted by Crippen LogP contribution is 2.31. The number of hydrogen-bond acceptors (Lipinski definition) is 4. The van der Waals surface area contributed by atoms with Crippen LogP contribution in [0.3, 0.4) is 0 Å². The van der Waals surface area contributed by atoms with Gasteiger partial charge < -0.3 is 4.90 Å². The first-order valence-electron chi connectivity index (χ1n) is 7.89. The number of carbonyl (C=O) groups excluding carboxylic acids is 1. The van der Waals surface area contributed by atoms with Crippen LogP contribution in [0.5, 0.6) is 0 Å². The lowest BCUT2D eigenvalue weighted by Crippen LogP contribution is -2.42. The zero-order valence-electron chi connectivity index (χ0n) is 12.6. The number of amides is 1. The average Bonchev–Trinajstić information content (AvgIpc) is 3.03. The van der Waals surface area contributed by atoms with E-state index in [4.69, 9.17) is 11.6 Å². The van der Waals surface area contributed by atoms with Gasteiger partial charge in [-0.3, -0.25) is 15.6 Å². The van der Waals surface area contributed by atoms with Crippen molar-refractivity contribution in [1.29, 1.82) is 0 Å². The minimum Gasteiger partial charge on any atom is -0.343 e. The maximum Gasteiger partial charge on any atom is 0.224 e. The Morgan fingerprint density at radius 1 is 1.23 bits per heavy atom. The zero-order valence-corrected chi connectivity index (χ0v) is 14.1. The molecule has 2 aliphatic rings. The summed E-state index contributed by atoms with van der Waals surface area (Å²) in [5.41, 5.74) is 6.25. The topological polar surface area (TPSA) is 44.4 Å². The smallest absolute Gasteiger partial charge is 0.224 e. The predicted octanol–water partition coefficient (Wildman–Crippen LogP) is 2.68. The third-order valence-electron chi connectivity index (χ3n) is 4.26. The van der Waals surface area contributed by atoms with Crippen LogP contribution in [0.15, 0.2) is 29.2 Å². The Balaban J connectivity index is 1.43. The number of nitrogens with zero attached hydrogens (tertiary/aromatic N) is 1. The zero-order chi connectivity index (χ0) is 15.4. The summed E-state index contributed by atoms with van der Waals surface area (Å²) in [6, 6.07) is 8.32. The van der Waals surface area contributed by atoms with E-state index >= 15 is 0 Å². The summed E-state index contributed by atoms with van der Waals surface area (Å²) in [6.07, 6.45) is 3.78. The van der Waals surface area contributed by atoms with E-state index in [-0.39, 0.29) is 5.91 Å². The lowest BCUT2D eigenvalue weighted by molar-refractivity contribution is -0.132. The molecule has 1 unspecified atom stereocenters. The van der Waals surface area contributed by atoms with Gasteiger partial charge in [-0.05, 0) is 43.5 Å². The summed E-state index contributed by atoms with van der Waals surface area (Å²) < 4.78 is 0. The monoisotopic (exact) mass is 339 g/mol. The van der Waals surface area contributed by atoms with Crippen molar-refractivity contribution in [3.05, 3.63) is 29.3 Å². The first kappa shape index (κ1) is 16.1. The quantitative estimate of drug-likeness (QED) is 0.885. The van der Waals surface area contributed by atoms with E-state index in [1.807, 2.05) is 28.8 Å². The van der Waals surface area contributed by atoms with E-state index < -0.39 is 0 Å². The molecule has 2 saturated heterocycles. The number of benzene rings is 1. The van der Waals surface area contributed by atoms with Gasteiger partial charge in [-0.1, -0.05) is 11.6 Å². The van der Waals surface area contributed by atoms with Crippen LogP contribution < -0.4 is 10.9 Å². The van der Waals surface area contributed by atoms with Gasteiger partial charge in [-0.15, -0.1) is 11.8 Å². The molecule has 1 atom stereocenters. The number of nitrogens with one attached hydrogen (secondary N) is 2. The fraction of sp³-hybridized carbons (Fsp3) is 0.562. The third kappa shape index (κ3) is 4.38. The molecule has 2 N–H and O–H groups in total. The first-order valence-corrected chi connectivity index (χ1v) is 9.15. The summed E-state index contributed by atoms with van der Waals surface area (Å²) in [6.45, 7) is 2.71. The minimum atomic E-state index is 0.288. The molecule has 0 bridgehead atoms. The van der Waals surface area contributed by atoms with E-state index in [1.165, 1.54) is 4.90 Å². The van der Waals surface area contributed by atoms with Crippen molar-refractivity contribution in [1.82, 2.24) is 15.8 Å². The maximum atomic E-state index is 12.3. The Labute approximate surface area is 140 Å². The van der Waals surface area contributed by atoms with Gasteiger partial charge in [0.15, 0.2) is 0 Å². The van der Waals surface area contributed by atoms with Gasteiger partial charge in [0.2, 0.25) is 5.91 Å². The summed E-state index contributed by atoms with van der Waals surface area (Å²) >= 11 is 7.82. The first-order chi connectivity index (χ1) is 10.7. The molecule has 1 aromatic rings. The lowest BCUT2D eigenvalue weighted by atomic mass is 10.1. The van der Waals surface area contributed by atoms with Crippen molar-refractivity contribution in [2.75, 3.05) is 19.6 Å². The van der Waals surface area contributed by atoms with Crippen molar-refractivity contribution < 1.29 is 4.79 Å². The number of thioether (sulfide) groups is 1. The second kappa shape index (κ2) is 7.68. The number of halogens is 1. The van der Waals surface area contributed by atoms with Gasteiger partial charge in [0.25, 0.3) is 0 Å². The SMILES string of the molecule is O=C(CC1CCNN1)N1CCC(Sc2ccc(Cl)cc2)CC1. The van der Waals surface area contributed by atoms with Gasteiger partial charge in [-0.2, -0.15) is 0 Å². The van der Waals surface area contributed by atoms with Crippen molar-refractivity contribution in [2.45, 2.75) is 41.9 Å². The summed E-state index contributed by atoms with van der Waals surface area (Å²) in [4.78, 5) is 15.6. The van der Waals surface area contributed by atoms with Crippen molar-refractivity contribution >= 4 is 29.3 Å². The number of hydrazine groups is 1. The third-order valence-corrected chi connectivity index (χ3v) is 5.86. The number of piperidine rings is 1. The highest BCUT2D eigenvalue weighted by atomic mass is 35.5. The van der Waals surface area contributed by atoms with Crippen LogP contribution in [0.4, 0.5) is 0 Å². The lowest BCUT2D eigenvalue weighted by Gasteiger charge is -2.32. The molecule has 1 aromatic carbocycles. The molecule has 1 amide bonds. The van der Waals surface area contributed by atoms with Gasteiger partial charge in [-0.25, -0.2) is 0 Å². The molecule has 0 aromatic heterocycles. The molecular formula is C16H22ClN3OS. The Morgan fingerprint density at radius 3 is 2.59 bits per heavy atom. The number of rotatable bonds is 4. The largest absolute Gasteiger partial charge is 0.343 e. The molecule has 22 heavy (non-hydrogen) atoms. The van der Waals surface area contributed by atoms with Crippen LogP contribution >= 0.6 is 23.4 Å². The molecule has 2 fully saturated rings. The molecule has 6 heteroatoms. The number of likely N-dealkylation sites (tertiary alicyclic amines) is 1. The van der Waals surface area contributed by atoms with Crippen LogP contribution in [0.2, 0.25) is 5.02 Å². The number of hydrogen-bond donors (Lipinski definition) is 2. The van der Waals surface area contributed by atoms with Crippen LogP contribution in [-0.4, -0.2) is 41.7 Å². The van der Waals surface area contributed by atoms with Crippen molar-refractivity contribution in [3.63, 3.8) is 0 Å². The molecule has 4 nitrogen and oxygen atoms in total. The summed E-state index contributed by atoms with van der Waals surface area (Å²) in [7, 11) is 0. The molecular weight excluding hydrogens is 318 g/mol. The average molecular weight is 340 g/mol.